The predicted molar refractivity (Wildman–Crippen MR) is 199 cm³/mol. The molecule has 1 aromatic rings. The average molecular weight is 787 g/mol. The van der Waals surface area contributed by atoms with E-state index in [0.717, 1.165) is 31.4 Å². The van der Waals surface area contributed by atoms with Crippen molar-refractivity contribution in [3.8, 4) is 0 Å². The highest BCUT2D eigenvalue weighted by atomic mass is 19.1. The Morgan fingerprint density at radius 2 is 1.46 bits per heavy atom. The molecular weight excluding hydrogens is 730 g/mol. The van der Waals surface area contributed by atoms with Crippen LogP contribution in [0.1, 0.15) is 104 Å². The summed E-state index contributed by atoms with van der Waals surface area (Å²) >= 11 is 0. The van der Waals surface area contributed by atoms with E-state index in [4.69, 9.17) is 4.74 Å². The second-order valence-electron chi connectivity index (χ2n) is 15.8. The minimum atomic E-state index is -1.56. The molecule has 0 bridgehead atoms. The maximum atomic E-state index is 14.6. The third-order valence-electron chi connectivity index (χ3n) is 11.4. The molecule has 4 heterocycles. The molecule has 5 rings (SSSR count). The van der Waals surface area contributed by atoms with Gasteiger partial charge in [-0.05, 0) is 82.4 Å². The molecule has 308 valence electrons. The maximum absolute atomic E-state index is 14.6. The van der Waals surface area contributed by atoms with Gasteiger partial charge < -0.3 is 35.4 Å². The summed E-state index contributed by atoms with van der Waals surface area (Å²) in [6.45, 7) is 7.61. The zero-order chi connectivity index (χ0) is 40.7. The van der Waals surface area contributed by atoms with Crippen molar-refractivity contribution in [3.05, 3.63) is 35.4 Å². The van der Waals surface area contributed by atoms with E-state index >= 15 is 0 Å². The topological polar surface area (TPSA) is 175 Å². The van der Waals surface area contributed by atoms with Gasteiger partial charge in [0.1, 0.15) is 54.0 Å². The van der Waals surface area contributed by atoms with E-state index in [1.54, 1.807) is 0 Å². The SMILES string of the molecule is CCCCCCC(=O)N[C@@H](Cc1cc(F)cc(F)c1)C(=O)N[C@@H]1C(=O)N2CCC[C@H]2C(=O)N2CC[C@H](C)C[C@H]2C(=O)N[C@@H](C)C(=O)N2CCC[C@H]2C(=O)O[C@H]1C. The highest BCUT2D eigenvalue weighted by Gasteiger charge is 2.47. The molecule has 4 saturated heterocycles. The fourth-order valence-electron chi connectivity index (χ4n) is 8.32. The monoisotopic (exact) mass is 786 g/mol. The lowest BCUT2D eigenvalue weighted by molar-refractivity contribution is -0.163. The van der Waals surface area contributed by atoms with E-state index in [9.17, 15) is 42.3 Å². The van der Waals surface area contributed by atoms with Gasteiger partial charge >= 0.3 is 5.97 Å². The van der Waals surface area contributed by atoms with Crippen molar-refractivity contribution in [2.24, 2.45) is 5.92 Å². The van der Waals surface area contributed by atoms with Crippen molar-refractivity contribution in [3.63, 3.8) is 0 Å². The standard InChI is InChI=1S/C40H56F2N6O8/c1-5-6-7-8-13-33(49)44-29(21-26-19-27(41)22-28(42)20-26)35(50)45-34-25(4)56-40(55)31-12-10-16-47(31)37(52)24(3)43-36(51)32-18-23(2)14-17-48(32)38(53)30-11-9-15-46(30)39(34)54/h19-20,22-25,29-32,34H,5-18,21H2,1-4H3,(H,43,51)(H,44,49)(H,45,50)/t23-,24-,25-,29-,30-,31-,32-,34-/m0/s1. The van der Waals surface area contributed by atoms with Crippen LogP contribution >= 0.6 is 0 Å². The number of carbonyl (C=O) groups excluding carboxylic acids is 7. The van der Waals surface area contributed by atoms with Gasteiger partial charge in [0.15, 0.2) is 0 Å². The molecule has 0 unspecified atom stereocenters. The summed E-state index contributed by atoms with van der Waals surface area (Å²) < 4.78 is 34.3. The first-order valence-corrected chi connectivity index (χ1v) is 20.1. The third kappa shape index (κ3) is 10.2. The van der Waals surface area contributed by atoms with E-state index in [1.165, 1.54) is 28.5 Å². The first kappa shape index (κ1) is 42.5. The minimum absolute atomic E-state index is 0.0811. The van der Waals surface area contributed by atoms with Crippen LogP contribution in [0.4, 0.5) is 8.78 Å². The maximum Gasteiger partial charge on any atom is 0.329 e. The van der Waals surface area contributed by atoms with Crippen LogP contribution in [0.2, 0.25) is 0 Å². The number of benzene rings is 1. The summed E-state index contributed by atoms with van der Waals surface area (Å²) in [6, 6.07) is -4.07. The minimum Gasteiger partial charge on any atom is -0.458 e. The molecule has 0 aromatic heterocycles. The summed E-state index contributed by atoms with van der Waals surface area (Å²) in [5, 5.41) is 8.11. The van der Waals surface area contributed by atoms with Crippen LogP contribution < -0.4 is 16.0 Å². The number of hydrogen-bond acceptors (Lipinski definition) is 8. The largest absolute Gasteiger partial charge is 0.458 e. The van der Waals surface area contributed by atoms with Crippen molar-refractivity contribution < 1.29 is 47.1 Å². The zero-order valence-electron chi connectivity index (χ0n) is 32.8. The number of amides is 6. The van der Waals surface area contributed by atoms with E-state index < -0.39 is 95.4 Å². The van der Waals surface area contributed by atoms with Gasteiger partial charge in [0.05, 0.1) is 0 Å². The van der Waals surface area contributed by atoms with E-state index in [2.05, 4.69) is 16.0 Å². The molecule has 3 N–H and O–H groups in total. The van der Waals surface area contributed by atoms with Crippen molar-refractivity contribution in [1.29, 1.82) is 0 Å². The van der Waals surface area contributed by atoms with Gasteiger partial charge in [0.2, 0.25) is 35.4 Å². The molecule has 4 fully saturated rings. The third-order valence-corrected chi connectivity index (χ3v) is 11.4. The summed E-state index contributed by atoms with van der Waals surface area (Å²) in [5.74, 6) is -5.95. The predicted octanol–water partition coefficient (Wildman–Crippen LogP) is 2.51. The Hall–Kier alpha value is -4.63. The number of unbranched alkanes of at least 4 members (excludes halogenated alkanes) is 3. The fraction of sp³-hybridized carbons (Fsp3) is 0.675. The molecule has 4 aliphatic heterocycles. The van der Waals surface area contributed by atoms with E-state index in [-0.39, 0.29) is 56.8 Å². The van der Waals surface area contributed by atoms with Crippen LogP contribution in [0.5, 0.6) is 0 Å². The molecule has 0 spiro atoms. The number of nitrogens with one attached hydrogen (secondary N) is 3. The number of fused-ring (bicyclic) bond motifs is 3. The molecule has 0 aliphatic carbocycles. The van der Waals surface area contributed by atoms with Crippen molar-refractivity contribution in [1.82, 2.24) is 30.7 Å². The lowest BCUT2D eigenvalue weighted by Crippen LogP contribution is -2.63. The molecule has 6 amide bonds. The molecule has 8 atom stereocenters. The van der Waals surface area contributed by atoms with Gasteiger partial charge in [0.25, 0.3) is 0 Å². The molecule has 14 nitrogen and oxygen atoms in total. The molecule has 16 heteroatoms. The Bertz CT molecular complexity index is 1640. The van der Waals surface area contributed by atoms with Crippen molar-refractivity contribution >= 4 is 41.4 Å². The quantitative estimate of drug-likeness (QED) is 0.240. The molecular formula is C40H56F2N6O8. The molecule has 0 radical (unpaired) electrons. The summed E-state index contributed by atoms with van der Waals surface area (Å²) in [4.78, 5) is 102. The first-order valence-electron chi connectivity index (χ1n) is 20.1. The molecule has 56 heavy (non-hydrogen) atoms. The van der Waals surface area contributed by atoms with Gasteiger partial charge in [-0.25, -0.2) is 13.6 Å². The number of nitrogens with zero attached hydrogens (tertiary/aromatic N) is 3. The number of cyclic esters (lactones) is 1. The van der Waals surface area contributed by atoms with Crippen LogP contribution in [0, 0.1) is 17.6 Å². The second-order valence-corrected chi connectivity index (χ2v) is 15.8. The zero-order valence-corrected chi connectivity index (χ0v) is 32.8. The Balaban J connectivity index is 1.48. The van der Waals surface area contributed by atoms with Gasteiger partial charge in [-0.2, -0.15) is 0 Å². The van der Waals surface area contributed by atoms with Gasteiger partial charge in [0, 0.05) is 38.5 Å². The van der Waals surface area contributed by atoms with Crippen molar-refractivity contribution in [2.75, 3.05) is 19.6 Å². The number of ether oxygens (including phenoxy) is 1. The summed E-state index contributed by atoms with van der Waals surface area (Å²) in [6.07, 6.45) is 4.13. The van der Waals surface area contributed by atoms with Crippen molar-refractivity contribution in [2.45, 2.75) is 147 Å². The number of rotatable bonds is 10. The van der Waals surface area contributed by atoms with Crippen LogP contribution in [0.3, 0.4) is 0 Å². The Labute approximate surface area is 326 Å². The van der Waals surface area contributed by atoms with Crippen LogP contribution in [-0.2, 0) is 44.7 Å². The summed E-state index contributed by atoms with van der Waals surface area (Å²) in [7, 11) is 0. The number of hydrogen-bond donors (Lipinski definition) is 3. The molecule has 0 saturated carbocycles. The number of piperidine rings is 1. The molecule has 4 aliphatic rings. The lowest BCUT2D eigenvalue weighted by atomic mass is 9.91. The van der Waals surface area contributed by atoms with Crippen LogP contribution in [0.15, 0.2) is 18.2 Å². The Morgan fingerprint density at radius 1 is 0.821 bits per heavy atom. The van der Waals surface area contributed by atoms with Crippen LogP contribution in [0.25, 0.3) is 0 Å². The second kappa shape index (κ2) is 19.0. The fourth-order valence-corrected chi connectivity index (χ4v) is 8.32. The number of esters is 1. The highest BCUT2D eigenvalue weighted by Crippen LogP contribution is 2.29. The van der Waals surface area contributed by atoms with Crippen LogP contribution in [-0.4, -0.2) is 118 Å². The van der Waals surface area contributed by atoms with E-state index in [1.807, 2.05) is 13.8 Å². The average Bonchev–Trinajstić information content (AvgIpc) is 3.85. The Morgan fingerprint density at radius 3 is 2.14 bits per heavy atom. The smallest absolute Gasteiger partial charge is 0.329 e. The number of halogens is 2. The normalized spacial score (nSPS) is 28.2. The Kier molecular flexibility index (Phi) is 14.4. The lowest BCUT2D eigenvalue weighted by Gasteiger charge is -2.41. The summed E-state index contributed by atoms with van der Waals surface area (Å²) in [5.41, 5.74) is 0.0811. The van der Waals surface area contributed by atoms with Gasteiger partial charge in [-0.1, -0.05) is 33.1 Å². The first-order chi connectivity index (χ1) is 26.7. The van der Waals surface area contributed by atoms with E-state index in [0.29, 0.717) is 38.2 Å². The number of carbonyl (C=O) groups is 7. The van der Waals surface area contributed by atoms with Gasteiger partial charge in [-0.15, -0.1) is 0 Å². The highest BCUT2D eigenvalue weighted by molar-refractivity contribution is 5.98. The van der Waals surface area contributed by atoms with Gasteiger partial charge in [-0.3, -0.25) is 28.8 Å². The molecule has 1 aromatic carbocycles.